The van der Waals surface area contributed by atoms with E-state index in [0.29, 0.717) is 0 Å². The van der Waals surface area contributed by atoms with Gasteiger partial charge in [-0.25, -0.2) is 0 Å². The van der Waals surface area contributed by atoms with Crippen LogP contribution in [0.3, 0.4) is 0 Å². The second-order valence-electron chi connectivity index (χ2n) is 3.29. The number of carboxylic acid groups (broad SMARTS) is 1. The molecule has 0 aliphatic heterocycles. The summed E-state index contributed by atoms with van der Waals surface area (Å²) < 4.78 is 27.1. The Balaban J connectivity index is 2.86. The summed E-state index contributed by atoms with van der Waals surface area (Å²) in [4.78, 5) is 20.9. The van der Waals surface area contributed by atoms with E-state index < -0.39 is 28.5 Å². The van der Waals surface area contributed by atoms with Crippen molar-refractivity contribution in [3.63, 3.8) is 0 Å². The van der Waals surface area contributed by atoms with Gasteiger partial charge in [-0.05, 0) is 19.1 Å². The first-order chi connectivity index (χ1) is 7.81. The first-order valence-corrected chi connectivity index (χ1v) is 5.98. The van der Waals surface area contributed by atoms with E-state index in [1.54, 1.807) is 6.92 Å². The topological polar surface area (TPSA) is 97.7 Å². The minimum Gasteiger partial charge on any atom is -0.481 e. The predicted octanol–water partition coefficient (Wildman–Crippen LogP) is 0.702. The molecule has 0 fully saturated rings. The molecule has 1 aromatic rings. The molecule has 0 saturated heterocycles. The molecule has 0 aliphatic carbocycles. The Hall–Kier alpha value is -1.89. The molecule has 0 amide bonds. The molecular weight excluding hydrogens is 248 g/mol. The van der Waals surface area contributed by atoms with Gasteiger partial charge in [0.15, 0.2) is 0 Å². The number of rotatable bonds is 4. The molecule has 0 saturated carbocycles. The Morgan fingerprint density at radius 2 is 1.76 bits per heavy atom. The summed E-state index contributed by atoms with van der Waals surface area (Å²) in [5.41, 5.74) is 0.848. The highest BCUT2D eigenvalue weighted by molar-refractivity contribution is 7.87. The third-order valence-electron chi connectivity index (χ3n) is 1.81. The zero-order valence-corrected chi connectivity index (χ0v) is 9.73. The second kappa shape index (κ2) is 4.96. The standard InChI is InChI=1S/C10H10O6S/c1-7-2-4-8(5-3-7)17(14,15)16-10(13)6-9(11)12/h2-5H,6H2,1H3,(H,11,12). The molecular formula is C10H10O6S. The molecule has 92 valence electrons. The largest absolute Gasteiger partial charge is 0.481 e. The van der Waals surface area contributed by atoms with E-state index in [1.807, 2.05) is 0 Å². The molecule has 6 nitrogen and oxygen atoms in total. The van der Waals surface area contributed by atoms with E-state index >= 15 is 0 Å². The van der Waals surface area contributed by atoms with Crippen LogP contribution < -0.4 is 0 Å². The zero-order valence-electron chi connectivity index (χ0n) is 8.91. The molecule has 1 N–H and O–H groups in total. The zero-order chi connectivity index (χ0) is 13.1. The van der Waals surface area contributed by atoms with Crippen molar-refractivity contribution in [1.82, 2.24) is 0 Å². The van der Waals surface area contributed by atoms with Crippen LogP contribution >= 0.6 is 0 Å². The monoisotopic (exact) mass is 258 g/mol. The summed E-state index contributed by atoms with van der Waals surface area (Å²) in [6, 6.07) is 5.63. The minimum absolute atomic E-state index is 0.193. The third-order valence-corrected chi connectivity index (χ3v) is 3.06. The number of hydrogen-bond acceptors (Lipinski definition) is 5. The molecule has 7 heteroatoms. The summed E-state index contributed by atoms with van der Waals surface area (Å²) >= 11 is 0. The van der Waals surface area contributed by atoms with Gasteiger partial charge in [0.2, 0.25) is 0 Å². The third kappa shape index (κ3) is 3.87. The molecule has 0 unspecified atom stereocenters. The predicted molar refractivity (Wildman–Crippen MR) is 56.7 cm³/mol. The van der Waals surface area contributed by atoms with Gasteiger partial charge >= 0.3 is 22.1 Å². The molecule has 0 bridgehead atoms. The maximum Gasteiger partial charge on any atom is 0.341 e. The molecule has 0 heterocycles. The summed E-state index contributed by atoms with van der Waals surface area (Å²) in [5, 5.41) is 8.29. The van der Waals surface area contributed by atoms with Gasteiger partial charge in [-0.15, -0.1) is 0 Å². The van der Waals surface area contributed by atoms with Crippen molar-refractivity contribution in [2.45, 2.75) is 18.2 Å². The van der Waals surface area contributed by atoms with Crippen LogP contribution in [0.4, 0.5) is 0 Å². The SMILES string of the molecule is Cc1ccc(S(=O)(=O)OC(=O)CC(=O)O)cc1. The Kier molecular flexibility index (Phi) is 3.84. The number of aryl methyl sites for hydroxylation is 1. The minimum atomic E-state index is -4.23. The number of aliphatic carboxylic acids is 1. The number of hydrogen-bond donors (Lipinski definition) is 1. The lowest BCUT2D eigenvalue weighted by Gasteiger charge is -2.04. The van der Waals surface area contributed by atoms with E-state index in [2.05, 4.69) is 4.18 Å². The molecule has 0 aliphatic rings. The molecule has 0 spiro atoms. The van der Waals surface area contributed by atoms with Crippen molar-refractivity contribution in [3.05, 3.63) is 29.8 Å². The fourth-order valence-corrected chi connectivity index (χ4v) is 1.90. The summed E-state index contributed by atoms with van der Waals surface area (Å²) in [6.07, 6.45) is -0.995. The van der Waals surface area contributed by atoms with Crippen molar-refractivity contribution >= 4 is 22.1 Å². The maximum absolute atomic E-state index is 11.5. The normalized spacial score (nSPS) is 10.9. The van der Waals surface area contributed by atoms with Crippen LogP contribution in [-0.4, -0.2) is 25.5 Å². The molecule has 0 aromatic heterocycles. The number of carbonyl (C=O) groups excluding carboxylic acids is 1. The van der Waals surface area contributed by atoms with Gasteiger partial charge < -0.3 is 9.29 Å². The number of carboxylic acids is 1. The first kappa shape index (κ1) is 13.2. The Morgan fingerprint density at radius 1 is 1.24 bits per heavy atom. The maximum atomic E-state index is 11.5. The van der Waals surface area contributed by atoms with Gasteiger partial charge in [0.25, 0.3) is 0 Å². The highest BCUT2D eigenvalue weighted by Crippen LogP contribution is 2.13. The van der Waals surface area contributed by atoms with Crippen LogP contribution in [0.1, 0.15) is 12.0 Å². The Labute approximate surface area is 98.0 Å². The van der Waals surface area contributed by atoms with Gasteiger partial charge in [0.05, 0.1) is 0 Å². The van der Waals surface area contributed by atoms with Crippen LogP contribution in [0.5, 0.6) is 0 Å². The fraction of sp³-hybridized carbons (Fsp3) is 0.200. The summed E-state index contributed by atoms with van der Waals surface area (Å²) in [6.45, 7) is 1.77. The average Bonchev–Trinajstić information content (AvgIpc) is 2.15. The number of benzene rings is 1. The summed E-state index contributed by atoms with van der Waals surface area (Å²) in [5.74, 6) is -2.77. The Morgan fingerprint density at radius 3 is 2.24 bits per heavy atom. The second-order valence-corrected chi connectivity index (χ2v) is 4.84. The lowest BCUT2D eigenvalue weighted by Crippen LogP contribution is -2.16. The van der Waals surface area contributed by atoms with Crippen LogP contribution in [0.25, 0.3) is 0 Å². The molecule has 1 rings (SSSR count). The van der Waals surface area contributed by atoms with Crippen molar-refractivity contribution in [2.24, 2.45) is 0 Å². The van der Waals surface area contributed by atoms with E-state index in [1.165, 1.54) is 24.3 Å². The highest BCUT2D eigenvalue weighted by Gasteiger charge is 2.21. The molecule has 0 radical (unpaired) electrons. The average molecular weight is 258 g/mol. The van der Waals surface area contributed by atoms with E-state index in [9.17, 15) is 18.0 Å². The molecule has 1 aromatic carbocycles. The lowest BCUT2D eigenvalue weighted by atomic mass is 10.2. The van der Waals surface area contributed by atoms with E-state index in [4.69, 9.17) is 5.11 Å². The van der Waals surface area contributed by atoms with Gasteiger partial charge in [-0.1, -0.05) is 17.7 Å². The quantitative estimate of drug-likeness (QED) is 0.630. The van der Waals surface area contributed by atoms with Crippen LogP contribution in [0.15, 0.2) is 29.2 Å². The van der Waals surface area contributed by atoms with Crippen molar-refractivity contribution in [3.8, 4) is 0 Å². The molecule has 0 atom stereocenters. The van der Waals surface area contributed by atoms with Gasteiger partial charge in [0.1, 0.15) is 11.3 Å². The van der Waals surface area contributed by atoms with Gasteiger partial charge in [-0.3, -0.25) is 9.59 Å². The van der Waals surface area contributed by atoms with Crippen LogP contribution in [0, 0.1) is 6.92 Å². The van der Waals surface area contributed by atoms with E-state index in [-0.39, 0.29) is 4.90 Å². The lowest BCUT2D eigenvalue weighted by molar-refractivity contribution is -0.145. The van der Waals surface area contributed by atoms with Crippen LogP contribution in [-0.2, 0) is 23.9 Å². The number of carbonyl (C=O) groups is 2. The van der Waals surface area contributed by atoms with Crippen molar-refractivity contribution < 1.29 is 27.3 Å². The van der Waals surface area contributed by atoms with Crippen molar-refractivity contribution in [2.75, 3.05) is 0 Å². The van der Waals surface area contributed by atoms with Gasteiger partial charge in [-0.2, -0.15) is 8.42 Å². The fourth-order valence-electron chi connectivity index (χ4n) is 1.03. The first-order valence-electron chi connectivity index (χ1n) is 4.57. The highest BCUT2D eigenvalue weighted by atomic mass is 32.2. The Bertz CT molecular complexity index is 528. The van der Waals surface area contributed by atoms with Crippen LogP contribution in [0.2, 0.25) is 0 Å². The summed E-state index contributed by atoms with van der Waals surface area (Å²) in [7, 11) is -4.23. The van der Waals surface area contributed by atoms with Gasteiger partial charge in [0, 0.05) is 0 Å². The smallest absolute Gasteiger partial charge is 0.341 e. The van der Waals surface area contributed by atoms with E-state index in [0.717, 1.165) is 5.56 Å². The van der Waals surface area contributed by atoms with Crippen molar-refractivity contribution in [1.29, 1.82) is 0 Å². The molecule has 17 heavy (non-hydrogen) atoms.